The monoisotopic (exact) mass is 608 g/mol. The van der Waals surface area contributed by atoms with E-state index < -0.39 is 48.5 Å². The third kappa shape index (κ3) is 8.52. The van der Waals surface area contributed by atoms with E-state index >= 15 is 0 Å². The van der Waals surface area contributed by atoms with Crippen LogP contribution in [0.5, 0.6) is 11.5 Å². The summed E-state index contributed by atoms with van der Waals surface area (Å²) in [6, 6.07) is 16.8. The van der Waals surface area contributed by atoms with Crippen LogP contribution in [0, 0.1) is 5.41 Å². The van der Waals surface area contributed by atoms with Gasteiger partial charge in [-0.3, -0.25) is 0 Å². The minimum absolute atomic E-state index is 0.226. The van der Waals surface area contributed by atoms with E-state index in [2.05, 4.69) is 18.5 Å². The van der Waals surface area contributed by atoms with Crippen molar-refractivity contribution in [1.29, 1.82) is 0 Å². The summed E-state index contributed by atoms with van der Waals surface area (Å²) in [7, 11) is 0. The molecule has 2 bridgehead atoms. The summed E-state index contributed by atoms with van der Waals surface area (Å²) in [5, 5.41) is 2.81. The second kappa shape index (κ2) is 14.0. The van der Waals surface area contributed by atoms with Crippen molar-refractivity contribution in [3.8, 4) is 11.5 Å². The minimum atomic E-state index is -1.66. The maximum Gasteiger partial charge on any atom is 0.413 e. The molecule has 1 aliphatic carbocycles. The number of ether oxygens (including phenoxy) is 6. The molecule has 234 valence electrons. The third-order valence-corrected chi connectivity index (χ3v) is 7.30. The molecule has 12 nitrogen and oxygen atoms in total. The molecule has 12 heteroatoms. The number of carbonyl (C=O) groups excluding carboxylic acids is 4. The number of nitrogens with zero attached hydrogens (tertiary/aromatic N) is 1. The number of carbonyl (C=O) groups is 4. The Labute approximate surface area is 255 Å². The van der Waals surface area contributed by atoms with Crippen molar-refractivity contribution in [3.05, 3.63) is 86.0 Å². The van der Waals surface area contributed by atoms with Gasteiger partial charge in [0.2, 0.25) is 0 Å². The summed E-state index contributed by atoms with van der Waals surface area (Å²) >= 11 is 0. The summed E-state index contributed by atoms with van der Waals surface area (Å²) in [4.78, 5) is 51.7. The van der Waals surface area contributed by atoms with Gasteiger partial charge in [0, 0.05) is 30.3 Å². The molecule has 5 unspecified atom stereocenters. The molecule has 0 radical (unpaired) electrons. The Kier molecular flexibility index (Phi) is 10.1. The van der Waals surface area contributed by atoms with Crippen molar-refractivity contribution >= 4 is 24.1 Å². The zero-order chi connectivity index (χ0) is 31.7. The molecule has 2 aromatic rings. The number of amides is 2. The molecular formula is C32H36N2O10. The van der Waals surface area contributed by atoms with Crippen LogP contribution in [0.15, 0.2) is 86.0 Å². The van der Waals surface area contributed by atoms with Gasteiger partial charge in [0.05, 0.1) is 0 Å². The van der Waals surface area contributed by atoms with Gasteiger partial charge in [-0.05, 0) is 55.9 Å². The van der Waals surface area contributed by atoms with Gasteiger partial charge in [0.25, 0.3) is 6.29 Å². The van der Waals surface area contributed by atoms with Crippen molar-refractivity contribution < 1.29 is 47.6 Å². The van der Waals surface area contributed by atoms with Gasteiger partial charge in [0.1, 0.15) is 11.5 Å². The molecule has 0 spiro atoms. The number of rotatable bonds is 12. The summed E-state index contributed by atoms with van der Waals surface area (Å²) in [5.41, 5.74) is -1.07. The Morgan fingerprint density at radius 1 is 0.886 bits per heavy atom. The Bertz CT molecular complexity index is 1350. The van der Waals surface area contributed by atoms with Crippen molar-refractivity contribution in [2.75, 3.05) is 13.2 Å². The van der Waals surface area contributed by atoms with Crippen molar-refractivity contribution in [1.82, 2.24) is 10.2 Å². The predicted octanol–water partition coefficient (Wildman–Crippen LogP) is 4.71. The molecular weight excluding hydrogens is 572 g/mol. The van der Waals surface area contributed by atoms with Gasteiger partial charge < -0.3 is 38.6 Å². The van der Waals surface area contributed by atoms with E-state index in [0.29, 0.717) is 37.3 Å². The van der Waals surface area contributed by atoms with E-state index in [1.54, 1.807) is 59.5 Å². The van der Waals surface area contributed by atoms with E-state index in [1.165, 1.54) is 0 Å². The van der Waals surface area contributed by atoms with Crippen molar-refractivity contribution in [2.45, 2.75) is 57.5 Å². The smallest absolute Gasteiger partial charge is 0.413 e. The lowest BCUT2D eigenvalue weighted by Gasteiger charge is -2.41. The lowest BCUT2D eigenvalue weighted by atomic mass is 9.70. The first kappa shape index (κ1) is 31.9. The van der Waals surface area contributed by atoms with Crippen LogP contribution in [0.2, 0.25) is 0 Å². The van der Waals surface area contributed by atoms with Gasteiger partial charge in [-0.15, -0.1) is 0 Å². The molecule has 0 aromatic heterocycles. The van der Waals surface area contributed by atoms with Gasteiger partial charge in [0.15, 0.2) is 6.61 Å². The fraction of sp³-hybridized carbons (Fsp3) is 0.375. The Hall–Kier alpha value is -5.00. The molecule has 1 aliphatic heterocycles. The first-order chi connectivity index (χ1) is 21.0. The van der Waals surface area contributed by atoms with Crippen LogP contribution < -0.4 is 14.8 Å². The highest BCUT2D eigenvalue weighted by Crippen LogP contribution is 2.51. The molecule has 1 saturated carbocycles. The molecule has 4 rings (SSSR count). The molecule has 1 N–H and O–H groups in total. The fourth-order valence-electron chi connectivity index (χ4n) is 5.79. The van der Waals surface area contributed by atoms with Crippen LogP contribution in [0.1, 0.15) is 33.1 Å². The van der Waals surface area contributed by atoms with Crippen LogP contribution >= 0.6 is 0 Å². The number of hydrogen-bond donors (Lipinski definition) is 1. The van der Waals surface area contributed by atoms with Gasteiger partial charge >= 0.3 is 30.6 Å². The topological polar surface area (TPSA) is 139 Å². The van der Waals surface area contributed by atoms with Crippen molar-refractivity contribution in [2.24, 2.45) is 5.41 Å². The normalized spacial score (nSPS) is 23.2. The van der Waals surface area contributed by atoms with Gasteiger partial charge in [-0.1, -0.05) is 56.5 Å². The molecule has 1 heterocycles. The number of benzene rings is 2. The highest BCUT2D eigenvalue weighted by molar-refractivity contribution is 5.82. The van der Waals surface area contributed by atoms with Crippen LogP contribution in [-0.4, -0.2) is 66.5 Å². The molecule has 44 heavy (non-hydrogen) atoms. The van der Waals surface area contributed by atoms with Gasteiger partial charge in [-0.25, -0.2) is 19.2 Å². The molecule has 2 aliphatic rings. The number of likely N-dealkylation sites (tertiary alicyclic amines) is 1. The maximum atomic E-state index is 13.5. The average molecular weight is 609 g/mol. The maximum absolute atomic E-state index is 13.5. The largest absolute Gasteiger partial charge is 0.486 e. The number of para-hydroxylation sites is 2. The molecule has 5 atom stereocenters. The number of nitrogens with one attached hydrogen (secondary N) is 1. The number of fused-ring (bicyclic) bond motifs is 2. The third-order valence-electron chi connectivity index (χ3n) is 7.30. The number of esters is 2. The zero-order valence-electron chi connectivity index (χ0n) is 24.6. The molecule has 2 amide bonds. The fourth-order valence-corrected chi connectivity index (χ4v) is 5.79. The van der Waals surface area contributed by atoms with Crippen LogP contribution in [0.3, 0.4) is 0 Å². The Morgan fingerprint density at radius 3 is 2.14 bits per heavy atom. The highest BCUT2D eigenvalue weighted by Gasteiger charge is 2.56. The quantitative estimate of drug-likeness (QED) is 0.205. The summed E-state index contributed by atoms with van der Waals surface area (Å²) < 4.78 is 32.3. The zero-order valence-corrected chi connectivity index (χ0v) is 24.6. The van der Waals surface area contributed by atoms with E-state index in [9.17, 15) is 19.2 Å². The van der Waals surface area contributed by atoms with Crippen LogP contribution in [0.4, 0.5) is 9.59 Å². The van der Waals surface area contributed by atoms with E-state index in [4.69, 9.17) is 28.4 Å². The van der Waals surface area contributed by atoms with Crippen LogP contribution in [0.25, 0.3) is 0 Å². The second-order valence-electron chi connectivity index (χ2n) is 11.2. The average Bonchev–Trinajstić information content (AvgIpc) is 3.19. The van der Waals surface area contributed by atoms with Crippen molar-refractivity contribution in [3.63, 3.8) is 0 Å². The summed E-state index contributed by atoms with van der Waals surface area (Å²) in [6.07, 6.45) is 0.567. The molecule has 2 aromatic carbocycles. The lowest BCUT2D eigenvalue weighted by Crippen LogP contribution is -2.52. The Morgan fingerprint density at radius 2 is 1.50 bits per heavy atom. The molecule has 1 saturated heterocycles. The Balaban J connectivity index is 1.39. The SMILES string of the molecule is C=CC(=O)OC(COc1ccccc1)OC(=O)N1CC2(C)CC(NC(=O)OC(OC(=O)C=C)Oc3ccccc3)CC1(C)C2. The van der Waals surface area contributed by atoms with Crippen LogP contribution in [-0.2, 0) is 28.5 Å². The summed E-state index contributed by atoms with van der Waals surface area (Å²) in [6.45, 7) is 9.11. The van der Waals surface area contributed by atoms with E-state index in [1.807, 2.05) is 19.9 Å². The highest BCUT2D eigenvalue weighted by atomic mass is 16.9. The van der Waals surface area contributed by atoms with E-state index in [0.717, 1.165) is 12.2 Å². The van der Waals surface area contributed by atoms with E-state index in [-0.39, 0.29) is 12.0 Å². The number of alkyl carbamates (subject to hydrolysis) is 1. The first-order valence-corrected chi connectivity index (χ1v) is 14.0. The second-order valence-corrected chi connectivity index (χ2v) is 11.2. The first-order valence-electron chi connectivity index (χ1n) is 14.0. The minimum Gasteiger partial charge on any atom is -0.486 e. The standard InChI is InChI=1S/C32H36N2O10/c1-5-25(35)41-27(19-39-23-13-9-7-10-14-23)43-29(38)34-21-31(3)17-22(18-32(34,4)20-31)33-28(37)44-30(42-26(36)6-2)40-24-15-11-8-12-16-24/h5-16,22,27,30H,1-2,17-21H2,3-4H3,(H,33,37). The van der Waals surface area contributed by atoms with Gasteiger partial charge in [-0.2, -0.15) is 0 Å². The molecule has 2 fully saturated rings. The number of hydrogen-bond acceptors (Lipinski definition) is 10. The predicted molar refractivity (Wildman–Crippen MR) is 156 cm³/mol. The lowest BCUT2D eigenvalue weighted by molar-refractivity contribution is -0.212. The summed E-state index contributed by atoms with van der Waals surface area (Å²) in [5.74, 6) is -0.779.